The smallest absolute Gasteiger partial charge is 0.00373 e. The molecule has 0 saturated heterocycles. The zero-order valence-corrected chi connectivity index (χ0v) is 8.41. The van der Waals surface area contributed by atoms with Crippen LogP contribution in [-0.2, 0) is 0 Å². The van der Waals surface area contributed by atoms with Gasteiger partial charge >= 0.3 is 0 Å². The van der Waals surface area contributed by atoms with E-state index in [0.717, 1.165) is 18.8 Å². The zero-order chi connectivity index (χ0) is 8.20. The average Bonchev–Trinajstić information content (AvgIpc) is 1.87. The molecule has 0 bridgehead atoms. The third-order valence-corrected chi connectivity index (χ3v) is 2.52. The number of thiol groups is 1. The maximum absolute atomic E-state index is 4.29. The molecule has 0 heterocycles. The highest BCUT2D eigenvalue weighted by Crippen LogP contribution is 2.17. The van der Waals surface area contributed by atoms with Crippen LogP contribution in [0.25, 0.3) is 0 Å². The molecule has 0 N–H and O–H groups in total. The van der Waals surface area contributed by atoms with Crippen molar-refractivity contribution < 1.29 is 0 Å². The molecule has 10 heavy (non-hydrogen) atoms. The Bertz CT molecular complexity index is 91.3. The quantitative estimate of drug-likeness (QED) is 0.616. The second-order valence-corrected chi connectivity index (χ2v) is 3.97. The van der Waals surface area contributed by atoms with E-state index in [1.54, 1.807) is 0 Å². The van der Waals surface area contributed by atoms with Crippen molar-refractivity contribution in [3.8, 4) is 0 Å². The summed E-state index contributed by atoms with van der Waals surface area (Å²) < 4.78 is 0. The molecule has 1 nitrogen and oxygen atoms in total. The molecular formula is C8H19NS. The van der Waals surface area contributed by atoms with E-state index in [4.69, 9.17) is 0 Å². The Morgan fingerprint density at radius 2 is 1.90 bits per heavy atom. The predicted octanol–water partition coefficient (Wildman–Crippen LogP) is 1.89. The molecule has 0 aromatic carbocycles. The summed E-state index contributed by atoms with van der Waals surface area (Å²) in [7, 11) is 2.14. The summed E-state index contributed by atoms with van der Waals surface area (Å²) in [6.45, 7) is 8.91. The van der Waals surface area contributed by atoms with Crippen LogP contribution in [0.4, 0.5) is 0 Å². The molecule has 0 aliphatic heterocycles. The molecule has 0 fully saturated rings. The molecule has 0 rings (SSSR count). The fraction of sp³-hybridized carbons (Fsp3) is 1.00. The topological polar surface area (TPSA) is 3.24 Å². The minimum Gasteiger partial charge on any atom is -0.306 e. The van der Waals surface area contributed by atoms with Gasteiger partial charge in [0.05, 0.1) is 0 Å². The summed E-state index contributed by atoms with van der Waals surface area (Å²) in [6, 6.07) is 0. The number of hydrogen-bond acceptors (Lipinski definition) is 2. The van der Waals surface area contributed by atoms with Gasteiger partial charge in [0.2, 0.25) is 0 Å². The van der Waals surface area contributed by atoms with Crippen molar-refractivity contribution in [1.82, 2.24) is 4.90 Å². The van der Waals surface area contributed by atoms with E-state index >= 15 is 0 Å². The van der Waals surface area contributed by atoms with Crippen molar-refractivity contribution in [3.63, 3.8) is 0 Å². The molecule has 0 atom stereocenters. The summed E-state index contributed by atoms with van der Waals surface area (Å²) in [4.78, 5) is 2.32. The predicted molar refractivity (Wildman–Crippen MR) is 50.8 cm³/mol. The Kier molecular flexibility index (Phi) is 4.37. The molecule has 0 saturated carbocycles. The molecule has 2 heteroatoms. The van der Waals surface area contributed by atoms with Crippen molar-refractivity contribution >= 4 is 12.6 Å². The van der Waals surface area contributed by atoms with E-state index in [-0.39, 0.29) is 0 Å². The van der Waals surface area contributed by atoms with Crippen LogP contribution in [0.1, 0.15) is 20.8 Å². The molecule has 0 radical (unpaired) electrons. The number of rotatable bonds is 4. The van der Waals surface area contributed by atoms with Crippen molar-refractivity contribution in [2.45, 2.75) is 20.8 Å². The Labute approximate surface area is 70.2 Å². The van der Waals surface area contributed by atoms with Gasteiger partial charge in [-0.3, -0.25) is 0 Å². The lowest BCUT2D eigenvalue weighted by molar-refractivity contribution is 0.240. The standard InChI is InChI=1S/C8H19NS/c1-5-9(4)6-8(2,3)7-10/h10H,5-7H2,1-4H3. The van der Waals surface area contributed by atoms with Gasteiger partial charge in [0, 0.05) is 6.54 Å². The fourth-order valence-corrected chi connectivity index (χ4v) is 0.992. The lowest BCUT2D eigenvalue weighted by Gasteiger charge is -2.27. The van der Waals surface area contributed by atoms with E-state index in [2.05, 4.69) is 45.3 Å². The van der Waals surface area contributed by atoms with Crippen LogP contribution in [0.2, 0.25) is 0 Å². The molecule has 0 aromatic rings. The zero-order valence-electron chi connectivity index (χ0n) is 7.52. The van der Waals surface area contributed by atoms with Crippen LogP contribution in [0.5, 0.6) is 0 Å². The first-order valence-electron chi connectivity index (χ1n) is 3.81. The van der Waals surface area contributed by atoms with E-state index in [1.807, 2.05) is 0 Å². The highest BCUT2D eigenvalue weighted by molar-refractivity contribution is 7.80. The largest absolute Gasteiger partial charge is 0.306 e. The summed E-state index contributed by atoms with van der Waals surface area (Å²) in [5.41, 5.74) is 0.355. The summed E-state index contributed by atoms with van der Waals surface area (Å²) >= 11 is 4.29. The summed E-state index contributed by atoms with van der Waals surface area (Å²) in [5.74, 6) is 0.956. The monoisotopic (exact) mass is 161 g/mol. The van der Waals surface area contributed by atoms with Gasteiger partial charge in [0.1, 0.15) is 0 Å². The first-order chi connectivity index (χ1) is 4.52. The molecule has 0 aromatic heterocycles. The van der Waals surface area contributed by atoms with Crippen LogP contribution < -0.4 is 0 Å². The number of nitrogens with zero attached hydrogens (tertiary/aromatic N) is 1. The van der Waals surface area contributed by atoms with Gasteiger partial charge in [-0.2, -0.15) is 12.6 Å². The van der Waals surface area contributed by atoms with E-state index in [0.29, 0.717) is 5.41 Å². The highest BCUT2D eigenvalue weighted by atomic mass is 32.1. The van der Waals surface area contributed by atoms with Crippen molar-refractivity contribution in [2.24, 2.45) is 5.41 Å². The first kappa shape index (κ1) is 10.3. The number of hydrogen-bond donors (Lipinski definition) is 1. The van der Waals surface area contributed by atoms with Gasteiger partial charge in [-0.15, -0.1) is 0 Å². The molecular weight excluding hydrogens is 142 g/mol. The van der Waals surface area contributed by atoms with Crippen LogP contribution in [0.3, 0.4) is 0 Å². The lowest BCUT2D eigenvalue weighted by atomic mass is 9.96. The minimum absolute atomic E-state index is 0.355. The van der Waals surface area contributed by atoms with Gasteiger partial charge in [-0.1, -0.05) is 20.8 Å². The van der Waals surface area contributed by atoms with Gasteiger partial charge in [-0.25, -0.2) is 0 Å². The van der Waals surface area contributed by atoms with Gasteiger partial charge < -0.3 is 4.90 Å². The van der Waals surface area contributed by atoms with Crippen molar-refractivity contribution in [3.05, 3.63) is 0 Å². The van der Waals surface area contributed by atoms with Gasteiger partial charge in [-0.05, 0) is 24.8 Å². The second kappa shape index (κ2) is 4.24. The lowest BCUT2D eigenvalue weighted by Crippen LogP contribution is -2.32. The SMILES string of the molecule is CCN(C)CC(C)(C)CS. The maximum Gasteiger partial charge on any atom is 0.00373 e. The molecule has 0 unspecified atom stereocenters. The van der Waals surface area contributed by atoms with E-state index in [1.165, 1.54) is 0 Å². The molecule has 0 aliphatic carbocycles. The molecule has 0 spiro atoms. The Hall–Kier alpha value is 0.310. The fourth-order valence-electron chi connectivity index (χ4n) is 0.892. The van der Waals surface area contributed by atoms with Gasteiger partial charge in [0.25, 0.3) is 0 Å². The minimum atomic E-state index is 0.355. The molecule has 0 amide bonds. The third kappa shape index (κ3) is 4.18. The van der Waals surface area contributed by atoms with Crippen molar-refractivity contribution in [2.75, 3.05) is 25.9 Å². The second-order valence-electron chi connectivity index (χ2n) is 3.65. The Morgan fingerprint density at radius 1 is 1.40 bits per heavy atom. The van der Waals surface area contributed by atoms with Crippen LogP contribution >= 0.6 is 12.6 Å². The molecule has 62 valence electrons. The average molecular weight is 161 g/mol. The van der Waals surface area contributed by atoms with Crippen LogP contribution in [0.15, 0.2) is 0 Å². The van der Waals surface area contributed by atoms with Crippen LogP contribution in [0, 0.1) is 5.41 Å². The third-order valence-electron chi connectivity index (χ3n) is 1.67. The van der Waals surface area contributed by atoms with E-state index < -0.39 is 0 Å². The van der Waals surface area contributed by atoms with Crippen molar-refractivity contribution in [1.29, 1.82) is 0 Å². The Balaban J connectivity index is 3.64. The first-order valence-corrected chi connectivity index (χ1v) is 4.44. The molecule has 0 aliphatic rings. The maximum atomic E-state index is 4.29. The summed E-state index contributed by atoms with van der Waals surface area (Å²) in [5, 5.41) is 0. The normalized spacial score (nSPS) is 12.6. The Morgan fingerprint density at radius 3 is 2.20 bits per heavy atom. The van der Waals surface area contributed by atoms with Crippen LogP contribution in [-0.4, -0.2) is 30.8 Å². The summed E-state index contributed by atoms with van der Waals surface area (Å²) in [6.07, 6.45) is 0. The van der Waals surface area contributed by atoms with E-state index in [9.17, 15) is 0 Å². The van der Waals surface area contributed by atoms with Gasteiger partial charge in [0.15, 0.2) is 0 Å². The highest BCUT2D eigenvalue weighted by Gasteiger charge is 2.16.